The van der Waals surface area contributed by atoms with Crippen LogP contribution in [0.15, 0.2) is 53.1 Å². The normalized spacial score (nSPS) is 10.8. The number of fused-ring (bicyclic) bond motifs is 1. The summed E-state index contributed by atoms with van der Waals surface area (Å²) in [5.41, 5.74) is 1.00. The Bertz CT molecular complexity index is 719. The van der Waals surface area contributed by atoms with Crippen LogP contribution in [0, 0.1) is 11.6 Å². The van der Waals surface area contributed by atoms with Gasteiger partial charge in [-0.3, -0.25) is 0 Å². The quantitative estimate of drug-likeness (QED) is 0.701. The molecule has 0 radical (unpaired) electrons. The molecule has 1 heterocycles. The number of halogens is 2. The van der Waals surface area contributed by atoms with Gasteiger partial charge in [0.15, 0.2) is 11.6 Å². The smallest absolute Gasteiger partial charge is 0.165 e. The first-order valence-corrected chi connectivity index (χ1v) is 5.77. The molecule has 0 aliphatic heterocycles. The van der Waals surface area contributed by atoms with E-state index in [0.29, 0.717) is 16.5 Å². The Morgan fingerprint density at radius 1 is 0.947 bits per heavy atom. The van der Waals surface area contributed by atoms with Crippen LogP contribution in [0.1, 0.15) is 5.56 Å². The fraction of sp³-hybridized carbons (Fsp3) is 0.0667. The standard InChI is InChI=1S/C15H10F2O2/c16-11-4-1-2-6-13(11)18-8-10-9-19-14-7-3-5-12(17)15(10)14/h1-7,9H,8H2. The van der Waals surface area contributed by atoms with Crippen molar-refractivity contribution in [1.29, 1.82) is 0 Å². The van der Waals surface area contributed by atoms with E-state index in [0.717, 1.165) is 0 Å². The summed E-state index contributed by atoms with van der Waals surface area (Å²) in [5, 5.41) is 0.374. The van der Waals surface area contributed by atoms with Crippen molar-refractivity contribution >= 4 is 11.0 Å². The summed E-state index contributed by atoms with van der Waals surface area (Å²) in [6.45, 7) is 0.0505. The van der Waals surface area contributed by atoms with Gasteiger partial charge in [-0.15, -0.1) is 0 Å². The molecule has 3 rings (SSSR count). The van der Waals surface area contributed by atoms with Gasteiger partial charge in [0, 0.05) is 5.56 Å². The van der Waals surface area contributed by atoms with Gasteiger partial charge in [0.25, 0.3) is 0 Å². The molecule has 0 fully saturated rings. The van der Waals surface area contributed by atoms with E-state index >= 15 is 0 Å². The predicted octanol–water partition coefficient (Wildman–Crippen LogP) is 4.29. The Morgan fingerprint density at radius 3 is 2.58 bits per heavy atom. The lowest BCUT2D eigenvalue weighted by Crippen LogP contribution is -1.97. The maximum atomic E-state index is 13.7. The predicted molar refractivity (Wildman–Crippen MR) is 66.9 cm³/mol. The molecule has 0 bridgehead atoms. The highest BCUT2D eigenvalue weighted by atomic mass is 19.1. The summed E-state index contributed by atoms with van der Waals surface area (Å²) < 4.78 is 37.7. The third-order valence-electron chi connectivity index (χ3n) is 2.84. The van der Waals surface area contributed by atoms with Crippen LogP contribution in [0.2, 0.25) is 0 Å². The van der Waals surface area contributed by atoms with Crippen LogP contribution >= 0.6 is 0 Å². The van der Waals surface area contributed by atoms with Gasteiger partial charge in [0.2, 0.25) is 0 Å². The molecule has 2 nitrogen and oxygen atoms in total. The molecule has 0 atom stereocenters. The first-order valence-electron chi connectivity index (χ1n) is 5.77. The number of hydrogen-bond acceptors (Lipinski definition) is 2. The van der Waals surface area contributed by atoms with Crippen molar-refractivity contribution < 1.29 is 17.9 Å². The van der Waals surface area contributed by atoms with E-state index in [2.05, 4.69) is 0 Å². The Labute approximate surface area is 108 Å². The van der Waals surface area contributed by atoms with Crippen molar-refractivity contribution in [3.8, 4) is 5.75 Å². The topological polar surface area (TPSA) is 22.4 Å². The summed E-state index contributed by atoms with van der Waals surface area (Å²) in [7, 11) is 0. The number of rotatable bonds is 3. The average molecular weight is 260 g/mol. The van der Waals surface area contributed by atoms with E-state index in [4.69, 9.17) is 9.15 Å². The first-order chi connectivity index (χ1) is 9.25. The fourth-order valence-electron chi connectivity index (χ4n) is 1.93. The van der Waals surface area contributed by atoms with Gasteiger partial charge < -0.3 is 9.15 Å². The van der Waals surface area contributed by atoms with Crippen LogP contribution in [-0.4, -0.2) is 0 Å². The Morgan fingerprint density at radius 2 is 1.74 bits per heavy atom. The zero-order valence-corrected chi connectivity index (χ0v) is 9.90. The number of ether oxygens (including phenoxy) is 1. The first kappa shape index (κ1) is 11.7. The summed E-state index contributed by atoms with van der Waals surface area (Å²) in [4.78, 5) is 0. The van der Waals surface area contributed by atoms with Gasteiger partial charge in [0.05, 0.1) is 11.6 Å². The van der Waals surface area contributed by atoms with Gasteiger partial charge in [0.1, 0.15) is 18.0 Å². The molecule has 0 aliphatic rings. The highest BCUT2D eigenvalue weighted by Crippen LogP contribution is 2.25. The molecule has 0 saturated carbocycles. The van der Waals surface area contributed by atoms with Crippen LogP contribution < -0.4 is 4.74 Å². The number of benzene rings is 2. The van der Waals surface area contributed by atoms with Crippen molar-refractivity contribution in [3.63, 3.8) is 0 Å². The lowest BCUT2D eigenvalue weighted by atomic mass is 10.2. The molecular formula is C15H10F2O2. The monoisotopic (exact) mass is 260 g/mol. The lowest BCUT2D eigenvalue weighted by molar-refractivity contribution is 0.290. The maximum Gasteiger partial charge on any atom is 0.165 e. The van der Waals surface area contributed by atoms with Crippen LogP contribution in [0.3, 0.4) is 0 Å². The highest BCUT2D eigenvalue weighted by Gasteiger charge is 2.11. The SMILES string of the molecule is Fc1ccccc1OCc1coc2cccc(F)c12. The van der Waals surface area contributed by atoms with Crippen LogP contribution in [-0.2, 0) is 6.61 Å². The van der Waals surface area contributed by atoms with Crippen molar-refractivity contribution in [3.05, 3.63) is 65.9 Å². The Kier molecular flexibility index (Phi) is 2.91. The van der Waals surface area contributed by atoms with Gasteiger partial charge in [-0.1, -0.05) is 18.2 Å². The van der Waals surface area contributed by atoms with Gasteiger partial charge in [-0.25, -0.2) is 8.78 Å². The van der Waals surface area contributed by atoms with E-state index in [1.807, 2.05) is 0 Å². The van der Waals surface area contributed by atoms with Crippen LogP contribution in [0.25, 0.3) is 11.0 Å². The lowest BCUT2D eigenvalue weighted by Gasteiger charge is -2.05. The van der Waals surface area contributed by atoms with E-state index < -0.39 is 5.82 Å². The second kappa shape index (κ2) is 4.72. The molecule has 1 aromatic heterocycles. The molecule has 0 spiro atoms. The maximum absolute atomic E-state index is 13.7. The highest BCUT2D eigenvalue weighted by molar-refractivity contribution is 5.81. The molecule has 0 aliphatic carbocycles. The van der Waals surface area contributed by atoms with E-state index in [1.54, 1.807) is 24.3 Å². The molecule has 3 aromatic rings. The van der Waals surface area contributed by atoms with Crippen LogP contribution in [0.5, 0.6) is 5.75 Å². The van der Waals surface area contributed by atoms with Crippen molar-refractivity contribution in [2.24, 2.45) is 0 Å². The minimum absolute atomic E-state index is 0.0505. The van der Waals surface area contributed by atoms with E-state index in [-0.39, 0.29) is 18.2 Å². The molecule has 0 saturated heterocycles. The van der Waals surface area contributed by atoms with Gasteiger partial charge in [-0.2, -0.15) is 0 Å². The van der Waals surface area contributed by atoms with Crippen molar-refractivity contribution in [2.45, 2.75) is 6.61 Å². The third kappa shape index (κ3) is 2.17. The van der Waals surface area contributed by atoms with Gasteiger partial charge in [-0.05, 0) is 24.3 Å². The average Bonchev–Trinajstić information content (AvgIpc) is 2.83. The number of hydrogen-bond donors (Lipinski definition) is 0. The summed E-state index contributed by atoms with van der Waals surface area (Å²) in [6.07, 6.45) is 1.43. The molecule has 0 N–H and O–H groups in total. The zero-order valence-electron chi connectivity index (χ0n) is 9.90. The Hall–Kier alpha value is -2.36. The van der Waals surface area contributed by atoms with Crippen molar-refractivity contribution in [1.82, 2.24) is 0 Å². The second-order valence-electron chi connectivity index (χ2n) is 4.09. The minimum atomic E-state index is -0.448. The van der Waals surface area contributed by atoms with E-state index in [9.17, 15) is 8.78 Å². The zero-order chi connectivity index (χ0) is 13.2. The minimum Gasteiger partial charge on any atom is -0.486 e. The molecule has 0 unspecified atom stereocenters. The van der Waals surface area contributed by atoms with Crippen molar-refractivity contribution in [2.75, 3.05) is 0 Å². The molecule has 19 heavy (non-hydrogen) atoms. The summed E-state index contributed by atoms with van der Waals surface area (Å²) in [5.74, 6) is -0.692. The van der Waals surface area contributed by atoms with Crippen LogP contribution in [0.4, 0.5) is 8.78 Å². The number of furan rings is 1. The molecular weight excluding hydrogens is 250 g/mol. The summed E-state index contributed by atoms with van der Waals surface area (Å²) >= 11 is 0. The van der Waals surface area contributed by atoms with Gasteiger partial charge >= 0.3 is 0 Å². The molecule has 0 amide bonds. The van der Waals surface area contributed by atoms with E-state index in [1.165, 1.54) is 24.5 Å². The summed E-state index contributed by atoms with van der Waals surface area (Å²) in [6, 6.07) is 10.7. The third-order valence-corrected chi connectivity index (χ3v) is 2.84. The Balaban J connectivity index is 1.89. The largest absolute Gasteiger partial charge is 0.486 e. The number of para-hydroxylation sites is 1. The molecule has 4 heteroatoms. The molecule has 2 aromatic carbocycles. The fourth-order valence-corrected chi connectivity index (χ4v) is 1.93. The second-order valence-corrected chi connectivity index (χ2v) is 4.09. The molecule has 96 valence electrons.